The minimum absolute atomic E-state index is 0.0434. The standard InChI is InChI=1S/C7H11NO6/c1-7(6(12)13,8(14)4-9)3-2-5(10)11/h4,14H,2-3H2,1H3,(H,10,11)(H,12,13). The highest BCUT2D eigenvalue weighted by Crippen LogP contribution is 2.18. The molecule has 7 nitrogen and oxygen atoms in total. The van der Waals surface area contributed by atoms with Gasteiger partial charge in [0.2, 0.25) is 6.41 Å². The predicted octanol–water partition coefficient (Wildman–Crippen LogP) is -0.458. The Kier molecular flexibility index (Phi) is 4.03. The van der Waals surface area contributed by atoms with Crippen molar-refractivity contribution in [3.8, 4) is 0 Å². The Morgan fingerprint density at radius 2 is 1.93 bits per heavy atom. The number of carbonyl (C=O) groups is 3. The van der Waals surface area contributed by atoms with E-state index in [0.717, 1.165) is 6.92 Å². The number of carbonyl (C=O) groups excluding carboxylic acids is 1. The Hall–Kier alpha value is -1.63. The number of rotatable bonds is 6. The first-order chi connectivity index (χ1) is 6.34. The summed E-state index contributed by atoms with van der Waals surface area (Å²) in [6.07, 6.45) is -0.892. The van der Waals surface area contributed by atoms with Crippen molar-refractivity contribution in [2.75, 3.05) is 0 Å². The average Bonchev–Trinajstić information content (AvgIpc) is 2.12. The fourth-order valence-corrected chi connectivity index (χ4v) is 0.786. The molecule has 0 aliphatic heterocycles. The van der Waals surface area contributed by atoms with Crippen LogP contribution < -0.4 is 0 Å². The highest BCUT2D eigenvalue weighted by molar-refractivity contribution is 5.81. The van der Waals surface area contributed by atoms with Crippen LogP contribution in [0.15, 0.2) is 0 Å². The molecule has 1 unspecified atom stereocenters. The summed E-state index contributed by atoms with van der Waals surface area (Å²) in [4.78, 5) is 31.0. The maximum atomic E-state index is 10.7. The Labute approximate surface area is 79.5 Å². The Balaban J connectivity index is 4.63. The van der Waals surface area contributed by atoms with Crippen LogP contribution in [0.5, 0.6) is 0 Å². The third-order valence-electron chi connectivity index (χ3n) is 1.89. The first-order valence-corrected chi connectivity index (χ1v) is 3.73. The number of aliphatic carboxylic acids is 2. The van der Waals surface area contributed by atoms with Gasteiger partial charge in [0, 0.05) is 6.42 Å². The van der Waals surface area contributed by atoms with Crippen LogP contribution in [0, 0.1) is 0 Å². The molecule has 0 aliphatic rings. The SMILES string of the molecule is CC(CCC(=O)O)(C(=O)O)N(O)C=O. The van der Waals surface area contributed by atoms with Crippen LogP contribution in [0.1, 0.15) is 19.8 Å². The molecule has 0 aromatic carbocycles. The predicted molar refractivity (Wildman–Crippen MR) is 42.6 cm³/mol. The molecule has 0 heterocycles. The minimum Gasteiger partial charge on any atom is -0.481 e. The summed E-state index contributed by atoms with van der Waals surface area (Å²) < 4.78 is 0. The fraction of sp³-hybridized carbons (Fsp3) is 0.571. The highest BCUT2D eigenvalue weighted by atomic mass is 16.5. The molecule has 0 aliphatic carbocycles. The lowest BCUT2D eigenvalue weighted by atomic mass is 9.96. The van der Waals surface area contributed by atoms with Gasteiger partial charge in [0.05, 0.1) is 0 Å². The van der Waals surface area contributed by atoms with E-state index in [2.05, 4.69) is 0 Å². The van der Waals surface area contributed by atoms with E-state index in [1.165, 1.54) is 0 Å². The van der Waals surface area contributed by atoms with Gasteiger partial charge in [-0.25, -0.2) is 9.86 Å². The van der Waals surface area contributed by atoms with E-state index in [-0.39, 0.29) is 17.9 Å². The fourth-order valence-electron chi connectivity index (χ4n) is 0.786. The zero-order valence-electron chi connectivity index (χ0n) is 7.51. The minimum atomic E-state index is -1.90. The van der Waals surface area contributed by atoms with Crippen molar-refractivity contribution in [1.82, 2.24) is 5.06 Å². The molecule has 1 atom stereocenters. The molecule has 0 fully saturated rings. The summed E-state index contributed by atoms with van der Waals surface area (Å²) in [5, 5.41) is 25.9. The summed E-state index contributed by atoms with van der Waals surface area (Å²) in [7, 11) is 0. The Morgan fingerprint density at radius 1 is 1.43 bits per heavy atom. The summed E-state index contributed by atoms with van der Waals surface area (Å²) in [6, 6.07) is 0. The number of carboxylic acids is 2. The van der Waals surface area contributed by atoms with E-state index in [4.69, 9.17) is 15.4 Å². The van der Waals surface area contributed by atoms with E-state index in [1.807, 2.05) is 0 Å². The molecule has 0 radical (unpaired) electrons. The smallest absolute Gasteiger partial charge is 0.331 e. The molecule has 0 aromatic rings. The average molecular weight is 205 g/mol. The summed E-state index contributed by atoms with van der Waals surface area (Å²) in [5.74, 6) is -2.66. The van der Waals surface area contributed by atoms with Gasteiger partial charge in [0.15, 0.2) is 5.54 Å². The largest absolute Gasteiger partial charge is 0.481 e. The molecule has 0 rings (SSSR count). The Morgan fingerprint density at radius 3 is 2.21 bits per heavy atom. The van der Waals surface area contributed by atoms with Crippen molar-refractivity contribution in [2.45, 2.75) is 25.3 Å². The number of hydroxylamine groups is 2. The van der Waals surface area contributed by atoms with E-state index >= 15 is 0 Å². The molecule has 14 heavy (non-hydrogen) atoms. The van der Waals surface area contributed by atoms with Gasteiger partial charge in [-0.2, -0.15) is 0 Å². The van der Waals surface area contributed by atoms with Gasteiger partial charge < -0.3 is 10.2 Å². The molecule has 0 spiro atoms. The van der Waals surface area contributed by atoms with Gasteiger partial charge in [-0.1, -0.05) is 0 Å². The van der Waals surface area contributed by atoms with E-state index in [1.54, 1.807) is 0 Å². The lowest BCUT2D eigenvalue weighted by Gasteiger charge is -2.29. The van der Waals surface area contributed by atoms with Gasteiger partial charge in [-0.15, -0.1) is 0 Å². The third-order valence-corrected chi connectivity index (χ3v) is 1.89. The van der Waals surface area contributed by atoms with Gasteiger partial charge in [-0.3, -0.25) is 14.8 Å². The molecule has 0 saturated carbocycles. The highest BCUT2D eigenvalue weighted by Gasteiger charge is 2.39. The number of nitrogens with zero attached hydrogens (tertiary/aromatic N) is 1. The third kappa shape index (κ3) is 2.70. The maximum absolute atomic E-state index is 10.7. The van der Waals surface area contributed by atoms with Crippen molar-refractivity contribution < 1.29 is 29.8 Å². The molecule has 1 amide bonds. The molecule has 0 aromatic heterocycles. The zero-order valence-corrected chi connectivity index (χ0v) is 7.51. The molecular formula is C7H11NO6. The van der Waals surface area contributed by atoms with Crippen LogP contribution in [0.3, 0.4) is 0 Å². The van der Waals surface area contributed by atoms with Crippen molar-refractivity contribution >= 4 is 18.3 Å². The summed E-state index contributed by atoms with van der Waals surface area (Å²) in [6.45, 7) is 1.06. The number of amides is 1. The van der Waals surface area contributed by atoms with Crippen LogP contribution in [-0.4, -0.2) is 44.4 Å². The van der Waals surface area contributed by atoms with Gasteiger partial charge in [0.1, 0.15) is 0 Å². The normalized spacial score (nSPS) is 14.1. The summed E-state index contributed by atoms with van der Waals surface area (Å²) >= 11 is 0. The van der Waals surface area contributed by atoms with Crippen LogP contribution in [0.2, 0.25) is 0 Å². The van der Waals surface area contributed by atoms with Crippen LogP contribution in [0.25, 0.3) is 0 Å². The second kappa shape index (κ2) is 4.56. The zero-order chi connectivity index (χ0) is 11.4. The maximum Gasteiger partial charge on any atom is 0.331 e. The topological polar surface area (TPSA) is 115 Å². The number of hydrogen-bond donors (Lipinski definition) is 3. The quantitative estimate of drug-likeness (QED) is 0.307. The van der Waals surface area contributed by atoms with Crippen LogP contribution in [-0.2, 0) is 14.4 Å². The van der Waals surface area contributed by atoms with Crippen molar-refractivity contribution in [2.24, 2.45) is 0 Å². The molecule has 80 valence electrons. The van der Waals surface area contributed by atoms with Crippen molar-refractivity contribution in [3.05, 3.63) is 0 Å². The Bertz CT molecular complexity index is 253. The van der Waals surface area contributed by atoms with Gasteiger partial charge in [0.25, 0.3) is 0 Å². The van der Waals surface area contributed by atoms with E-state index in [0.29, 0.717) is 0 Å². The van der Waals surface area contributed by atoms with Gasteiger partial charge >= 0.3 is 11.9 Å². The van der Waals surface area contributed by atoms with Crippen LogP contribution in [0.4, 0.5) is 0 Å². The second-order valence-corrected chi connectivity index (χ2v) is 2.92. The van der Waals surface area contributed by atoms with Crippen LogP contribution >= 0.6 is 0 Å². The first-order valence-electron chi connectivity index (χ1n) is 3.73. The number of carboxylic acid groups (broad SMARTS) is 2. The van der Waals surface area contributed by atoms with Gasteiger partial charge in [-0.05, 0) is 13.3 Å². The lowest BCUT2D eigenvalue weighted by Crippen LogP contribution is -2.50. The second-order valence-electron chi connectivity index (χ2n) is 2.92. The molecule has 0 bridgehead atoms. The molecule has 7 heteroatoms. The van der Waals surface area contributed by atoms with E-state index < -0.39 is 23.9 Å². The van der Waals surface area contributed by atoms with Crippen molar-refractivity contribution in [3.63, 3.8) is 0 Å². The lowest BCUT2D eigenvalue weighted by molar-refractivity contribution is -0.194. The first kappa shape index (κ1) is 12.4. The van der Waals surface area contributed by atoms with E-state index in [9.17, 15) is 14.4 Å². The molecule has 3 N–H and O–H groups in total. The number of hydrogen-bond acceptors (Lipinski definition) is 4. The summed E-state index contributed by atoms with van der Waals surface area (Å²) in [5.41, 5.74) is -1.90. The molecular weight excluding hydrogens is 194 g/mol. The monoisotopic (exact) mass is 205 g/mol. The van der Waals surface area contributed by atoms with Crippen molar-refractivity contribution in [1.29, 1.82) is 0 Å². The molecule has 0 saturated heterocycles.